The molecule has 22 heavy (non-hydrogen) atoms. The van der Waals surface area contributed by atoms with E-state index in [1.54, 1.807) is 14.2 Å². The zero-order chi connectivity index (χ0) is 15.9. The Morgan fingerprint density at radius 3 is 1.86 bits per heavy atom. The number of aryl methyl sites for hydroxylation is 1. The molecule has 5 heteroatoms. The fourth-order valence-electron chi connectivity index (χ4n) is 2.11. The van der Waals surface area contributed by atoms with E-state index in [1.165, 1.54) is 5.56 Å². The fraction of sp³-hybridized carbons (Fsp3) is 0.412. The molecule has 0 fully saturated rings. The molecule has 1 aromatic heterocycles. The molecule has 0 saturated heterocycles. The minimum absolute atomic E-state index is 0.577. The zero-order valence-corrected chi connectivity index (χ0v) is 14.0. The van der Waals surface area contributed by atoms with Crippen LogP contribution in [0.1, 0.15) is 17.0 Å². The normalized spacial score (nSPS) is 10.9. The van der Waals surface area contributed by atoms with E-state index in [0.29, 0.717) is 36.9 Å². The van der Waals surface area contributed by atoms with Crippen molar-refractivity contribution in [1.82, 2.24) is 9.97 Å². The highest BCUT2D eigenvalue weighted by Gasteiger charge is 2.13. The first-order chi connectivity index (χ1) is 10.7. The van der Waals surface area contributed by atoms with Crippen LogP contribution < -0.4 is 0 Å². The van der Waals surface area contributed by atoms with Crippen molar-refractivity contribution in [2.75, 3.05) is 27.4 Å². The standard InChI is InChI=1S/C17H21ClN2O2/c1-12-4-6-13(7-5-12)17-19-14(8-10-21-2)16(18)15(20-17)9-11-22-3/h4-7H,8-11H2,1-3H3. The van der Waals surface area contributed by atoms with Crippen LogP contribution in [0.3, 0.4) is 0 Å². The summed E-state index contributed by atoms with van der Waals surface area (Å²) in [6.45, 7) is 3.21. The number of ether oxygens (including phenoxy) is 2. The van der Waals surface area contributed by atoms with Crippen molar-refractivity contribution in [2.45, 2.75) is 19.8 Å². The largest absolute Gasteiger partial charge is 0.384 e. The molecule has 4 nitrogen and oxygen atoms in total. The predicted octanol–water partition coefficient (Wildman–Crippen LogP) is 3.48. The third-order valence-electron chi connectivity index (χ3n) is 3.38. The molecular weight excluding hydrogens is 300 g/mol. The Bertz CT molecular complexity index is 586. The lowest BCUT2D eigenvalue weighted by molar-refractivity contribution is 0.200. The monoisotopic (exact) mass is 320 g/mol. The van der Waals surface area contributed by atoms with Crippen molar-refractivity contribution < 1.29 is 9.47 Å². The first-order valence-electron chi connectivity index (χ1n) is 7.26. The number of rotatable bonds is 7. The van der Waals surface area contributed by atoms with Gasteiger partial charge in [0, 0.05) is 32.6 Å². The highest BCUT2D eigenvalue weighted by Crippen LogP contribution is 2.24. The smallest absolute Gasteiger partial charge is 0.159 e. The number of methoxy groups -OCH3 is 2. The van der Waals surface area contributed by atoms with E-state index in [2.05, 4.69) is 29.0 Å². The molecule has 2 rings (SSSR count). The summed E-state index contributed by atoms with van der Waals surface area (Å²) >= 11 is 6.43. The van der Waals surface area contributed by atoms with Crippen LogP contribution in [0.15, 0.2) is 24.3 Å². The zero-order valence-electron chi connectivity index (χ0n) is 13.2. The maximum absolute atomic E-state index is 6.43. The van der Waals surface area contributed by atoms with Gasteiger partial charge in [-0.05, 0) is 6.92 Å². The minimum atomic E-state index is 0.577. The second kappa shape index (κ2) is 8.22. The van der Waals surface area contributed by atoms with Crippen LogP contribution in [0.5, 0.6) is 0 Å². The number of aromatic nitrogens is 2. The van der Waals surface area contributed by atoms with Crippen molar-refractivity contribution in [2.24, 2.45) is 0 Å². The van der Waals surface area contributed by atoms with Crippen LogP contribution in [0, 0.1) is 6.92 Å². The number of hydrogen-bond acceptors (Lipinski definition) is 4. The van der Waals surface area contributed by atoms with Crippen LogP contribution in [0.25, 0.3) is 11.4 Å². The summed E-state index contributed by atoms with van der Waals surface area (Å²) in [5, 5.41) is 0.616. The Hall–Kier alpha value is -1.49. The number of nitrogens with zero attached hydrogens (tertiary/aromatic N) is 2. The molecule has 118 valence electrons. The summed E-state index contributed by atoms with van der Waals surface area (Å²) in [6.07, 6.45) is 1.33. The summed E-state index contributed by atoms with van der Waals surface area (Å²) in [6, 6.07) is 8.16. The average molecular weight is 321 g/mol. The van der Waals surface area contributed by atoms with Gasteiger partial charge in [-0.1, -0.05) is 41.4 Å². The van der Waals surface area contributed by atoms with Gasteiger partial charge >= 0.3 is 0 Å². The van der Waals surface area contributed by atoms with Gasteiger partial charge in [0.1, 0.15) is 0 Å². The first kappa shape index (κ1) is 16.9. The quantitative estimate of drug-likeness (QED) is 0.783. The van der Waals surface area contributed by atoms with Crippen molar-refractivity contribution in [3.05, 3.63) is 46.2 Å². The number of halogens is 1. The van der Waals surface area contributed by atoms with Gasteiger partial charge in [0.25, 0.3) is 0 Å². The fourth-order valence-corrected chi connectivity index (χ4v) is 2.38. The Kier molecular flexibility index (Phi) is 6.31. The summed E-state index contributed by atoms with van der Waals surface area (Å²) in [5.74, 6) is 0.696. The number of hydrogen-bond donors (Lipinski definition) is 0. The summed E-state index contributed by atoms with van der Waals surface area (Å²) < 4.78 is 10.3. The van der Waals surface area contributed by atoms with Crippen LogP contribution in [-0.4, -0.2) is 37.4 Å². The van der Waals surface area contributed by atoms with E-state index in [0.717, 1.165) is 17.0 Å². The second-order valence-electron chi connectivity index (χ2n) is 5.11. The molecule has 0 atom stereocenters. The van der Waals surface area contributed by atoms with Gasteiger partial charge in [0.15, 0.2) is 5.82 Å². The minimum Gasteiger partial charge on any atom is -0.384 e. The molecule has 0 saturated carbocycles. The molecule has 1 aromatic carbocycles. The number of benzene rings is 1. The maximum atomic E-state index is 6.43. The van der Waals surface area contributed by atoms with E-state index in [4.69, 9.17) is 21.1 Å². The molecule has 0 aliphatic heterocycles. The topological polar surface area (TPSA) is 44.2 Å². The Balaban J connectivity index is 2.41. The first-order valence-corrected chi connectivity index (χ1v) is 7.63. The Morgan fingerprint density at radius 1 is 0.909 bits per heavy atom. The SMILES string of the molecule is COCCc1nc(-c2ccc(C)cc2)nc(CCOC)c1Cl. The Morgan fingerprint density at radius 2 is 1.41 bits per heavy atom. The van der Waals surface area contributed by atoms with E-state index in [-0.39, 0.29) is 0 Å². The van der Waals surface area contributed by atoms with Crippen LogP contribution in [0.4, 0.5) is 0 Å². The molecule has 0 bridgehead atoms. The lowest BCUT2D eigenvalue weighted by atomic mass is 10.1. The van der Waals surface area contributed by atoms with Crippen molar-refractivity contribution in [1.29, 1.82) is 0 Å². The Labute approximate surface area is 136 Å². The van der Waals surface area contributed by atoms with Crippen molar-refractivity contribution in [3.8, 4) is 11.4 Å². The van der Waals surface area contributed by atoms with Gasteiger partial charge < -0.3 is 9.47 Å². The lowest BCUT2D eigenvalue weighted by Crippen LogP contribution is -2.07. The van der Waals surface area contributed by atoms with Crippen LogP contribution >= 0.6 is 11.6 Å². The molecule has 0 amide bonds. The molecular formula is C17H21ClN2O2. The molecule has 0 N–H and O–H groups in total. The van der Waals surface area contributed by atoms with Gasteiger partial charge in [-0.25, -0.2) is 9.97 Å². The van der Waals surface area contributed by atoms with Crippen LogP contribution in [0.2, 0.25) is 5.02 Å². The van der Waals surface area contributed by atoms with Gasteiger partial charge in [0.05, 0.1) is 29.6 Å². The molecule has 0 radical (unpaired) electrons. The van der Waals surface area contributed by atoms with E-state index in [1.807, 2.05) is 12.1 Å². The van der Waals surface area contributed by atoms with Gasteiger partial charge in [-0.3, -0.25) is 0 Å². The highest BCUT2D eigenvalue weighted by molar-refractivity contribution is 6.31. The second-order valence-corrected chi connectivity index (χ2v) is 5.48. The lowest BCUT2D eigenvalue weighted by Gasteiger charge is -2.11. The summed E-state index contributed by atoms with van der Waals surface area (Å²) in [5.41, 5.74) is 3.83. The molecule has 2 aromatic rings. The van der Waals surface area contributed by atoms with E-state index < -0.39 is 0 Å². The highest BCUT2D eigenvalue weighted by atomic mass is 35.5. The van der Waals surface area contributed by atoms with Gasteiger partial charge in [-0.15, -0.1) is 0 Å². The van der Waals surface area contributed by atoms with Gasteiger partial charge in [0.2, 0.25) is 0 Å². The maximum Gasteiger partial charge on any atom is 0.159 e. The van der Waals surface area contributed by atoms with E-state index in [9.17, 15) is 0 Å². The van der Waals surface area contributed by atoms with Crippen molar-refractivity contribution >= 4 is 11.6 Å². The van der Waals surface area contributed by atoms with Gasteiger partial charge in [-0.2, -0.15) is 0 Å². The molecule has 1 heterocycles. The van der Waals surface area contributed by atoms with Crippen molar-refractivity contribution in [3.63, 3.8) is 0 Å². The summed E-state index contributed by atoms with van der Waals surface area (Å²) in [4.78, 5) is 9.23. The molecule has 0 aliphatic rings. The molecule has 0 aliphatic carbocycles. The average Bonchev–Trinajstić information content (AvgIpc) is 2.53. The molecule has 0 spiro atoms. The summed E-state index contributed by atoms with van der Waals surface area (Å²) in [7, 11) is 3.34. The third kappa shape index (κ3) is 4.26. The third-order valence-corrected chi connectivity index (χ3v) is 3.82. The predicted molar refractivity (Wildman–Crippen MR) is 88.4 cm³/mol. The van der Waals surface area contributed by atoms with Crippen LogP contribution in [-0.2, 0) is 22.3 Å². The van der Waals surface area contributed by atoms with E-state index >= 15 is 0 Å². The molecule has 0 unspecified atom stereocenters.